The summed E-state index contributed by atoms with van der Waals surface area (Å²) in [6, 6.07) is 12.1. The molecule has 0 amide bonds. The third-order valence-corrected chi connectivity index (χ3v) is 3.72. The normalized spacial score (nSPS) is 13.4. The fourth-order valence-corrected chi connectivity index (χ4v) is 2.43. The molecule has 1 atom stereocenters. The van der Waals surface area contributed by atoms with Gasteiger partial charge >= 0.3 is 5.97 Å². The number of halogens is 1. The largest absolute Gasteiger partial charge is 0.479 e. The number of hydrogen-bond donors (Lipinski definition) is 0. The number of rotatable bonds is 6. The van der Waals surface area contributed by atoms with E-state index in [0.29, 0.717) is 28.9 Å². The summed E-state index contributed by atoms with van der Waals surface area (Å²) < 4.78 is 10.4. The van der Waals surface area contributed by atoms with Crippen LogP contribution in [0.5, 0.6) is 17.2 Å². The van der Waals surface area contributed by atoms with Crippen molar-refractivity contribution >= 4 is 23.6 Å². The summed E-state index contributed by atoms with van der Waals surface area (Å²) >= 11 is 5.96. The average Bonchev–Trinajstić information content (AvgIpc) is 2.63. The maximum Gasteiger partial charge on any atom is 0.347 e. The van der Waals surface area contributed by atoms with E-state index in [-0.39, 0.29) is 0 Å². The van der Waals surface area contributed by atoms with E-state index in [1.54, 1.807) is 56.4 Å². The lowest BCUT2D eigenvalue weighted by Gasteiger charge is -2.24. The standard InChI is InChI=1S/C19H18ClNO5/c1-3-23-19(22)13(2)24-16-5-7-17(8-6-16)25-21-11-10-14-12-15(20)4-9-18(14)26-21/h4-13H,3H2,1-2H3. The molecule has 1 unspecified atom stereocenters. The van der Waals surface area contributed by atoms with Crippen LogP contribution in [0.2, 0.25) is 5.02 Å². The van der Waals surface area contributed by atoms with Crippen molar-refractivity contribution in [3.63, 3.8) is 0 Å². The highest BCUT2D eigenvalue weighted by molar-refractivity contribution is 6.30. The number of hydroxylamine groups is 2. The molecule has 1 aliphatic rings. The van der Waals surface area contributed by atoms with Crippen LogP contribution in [0.3, 0.4) is 0 Å². The number of fused-ring (bicyclic) bond motifs is 1. The minimum Gasteiger partial charge on any atom is -0.479 e. The zero-order valence-corrected chi connectivity index (χ0v) is 15.1. The van der Waals surface area contributed by atoms with Crippen LogP contribution < -0.4 is 14.4 Å². The number of ether oxygens (including phenoxy) is 2. The minimum atomic E-state index is -0.682. The Kier molecular flexibility index (Phi) is 5.53. The second-order valence-corrected chi connectivity index (χ2v) is 5.89. The van der Waals surface area contributed by atoms with E-state index in [4.69, 9.17) is 30.7 Å². The Hall–Kier alpha value is -2.86. The van der Waals surface area contributed by atoms with Gasteiger partial charge in [0, 0.05) is 10.6 Å². The molecule has 0 spiro atoms. The Bertz CT molecular complexity index is 806. The van der Waals surface area contributed by atoms with Gasteiger partial charge in [-0.3, -0.25) is 0 Å². The molecule has 3 rings (SSSR count). The molecule has 0 N–H and O–H groups in total. The van der Waals surface area contributed by atoms with Crippen molar-refractivity contribution in [3.05, 3.63) is 59.3 Å². The van der Waals surface area contributed by atoms with Crippen LogP contribution in [0, 0.1) is 0 Å². The van der Waals surface area contributed by atoms with Crippen molar-refractivity contribution in [2.24, 2.45) is 0 Å². The highest BCUT2D eigenvalue weighted by Crippen LogP contribution is 2.29. The molecule has 0 aromatic heterocycles. The summed E-state index contributed by atoms with van der Waals surface area (Å²) in [6.45, 7) is 3.71. The molecule has 0 aliphatic carbocycles. The molecule has 26 heavy (non-hydrogen) atoms. The van der Waals surface area contributed by atoms with Crippen LogP contribution in [0.15, 0.2) is 48.7 Å². The van der Waals surface area contributed by atoms with E-state index in [1.807, 2.05) is 12.1 Å². The van der Waals surface area contributed by atoms with Crippen LogP contribution in [-0.2, 0) is 9.53 Å². The van der Waals surface area contributed by atoms with Gasteiger partial charge in [-0.25, -0.2) is 4.79 Å². The number of hydrogen-bond acceptors (Lipinski definition) is 6. The molecule has 1 heterocycles. The molecule has 7 heteroatoms. The SMILES string of the molecule is CCOC(=O)C(C)Oc1ccc(ON2C=Cc3cc(Cl)ccc3O2)cc1. The van der Waals surface area contributed by atoms with E-state index >= 15 is 0 Å². The van der Waals surface area contributed by atoms with Crippen molar-refractivity contribution in [3.8, 4) is 17.2 Å². The lowest BCUT2D eigenvalue weighted by molar-refractivity contribution is -0.216. The first-order valence-electron chi connectivity index (χ1n) is 8.11. The fourth-order valence-electron chi connectivity index (χ4n) is 2.25. The first-order valence-corrected chi connectivity index (χ1v) is 8.49. The van der Waals surface area contributed by atoms with Gasteiger partial charge in [0.1, 0.15) is 5.75 Å². The van der Waals surface area contributed by atoms with Crippen molar-refractivity contribution in [1.82, 2.24) is 5.23 Å². The number of esters is 1. The molecular formula is C19H18ClNO5. The van der Waals surface area contributed by atoms with Crippen molar-refractivity contribution in [1.29, 1.82) is 0 Å². The van der Waals surface area contributed by atoms with Gasteiger partial charge in [-0.2, -0.15) is 0 Å². The predicted molar refractivity (Wildman–Crippen MR) is 96.7 cm³/mol. The van der Waals surface area contributed by atoms with E-state index < -0.39 is 12.1 Å². The quantitative estimate of drug-likeness (QED) is 0.704. The first kappa shape index (κ1) is 17.9. The van der Waals surface area contributed by atoms with E-state index in [9.17, 15) is 4.79 Å². The Labute approximate surface area is 156 Å². The van der Waals surface area contributed by atoms with E-state index in [1.165, 1.54) is 5.23 Å². The summed E-state index contributed by atoms with van der Waals surface area (Å²) in [5.41, 5.74) is 0.869. The Morgan fingerprint density at radius 2 is 1.92 bits per heavy atom. The van der Waals surface area contributed by atoms with Gasteiger partial charge in [-0.15, -0.1) is 0 Å². The van der Waals surface area contributed by atoms with Crippen molar-refractivity contribution < 1.29 is 23.9 Å². The number of nitrogens with zero attached hydrogens (tertiary/aromatic N) is 1. The summed E-state index contributed by atoms with van der Waals surface area (Å²) in [4.78, 5) is 22.8. The Morgan fingerprint density at radius 1 is 1.19 bits per heavy atom. The minimum absolute atomic E-state index is 0.317. The molecule has 2 aromatic carbocycles. The molecule has 1 aliphatic heterocycles. The molecule has 0 radical (unpaired) electrons. The number of carbonyl (C=O) groups excluding carboxylic acids is 1. The third-order valence-electron chi connectivity index (χ3n) is 3.49. The van der Waals surface area contributed by atoms with Crippen molar-refractivity contribution in [2.45, 2.75) is 20.0 Å². The van der Waals surface area contributed by atoms with Crippen LogP contribution in [0.1, 0.15) is 19.4 Å². The summed E-state index contributed by atoms with van der Waals surface area (Å²) in [7, 11) is 0. The molecule has 0 saturated carbocycles. The van der Waals surface area contributed by atoms with Gasteiger partial charge in [0.2, 0.25) is 0 Å². The van der Waals surface area contributed by atoms with E-state index in [2.05, 4.69) is 0 Å². The van der Waals surface area contributed by atoms with Gasteiger partial charge in [0.25, 0.3) is 0 Å². The lowest BCUT2D eigenvalue weighted by Crippen LogP contribution is -2.27. The lowest BCUT2D eigenvalue weighted by atomic mass is 10.2. The summed E-state index contributed by atoms with van der Waals surface area (Å²) in [6.07, 6.45) is 2.80. The van der Waals surface area contributed by atoms with Crippen molar-refractivity contribution in [2.75, 3.05) is 6.61 Å². The van der Waals surface area contributed by atoms with E-state index in [0.717, 1.165) is 5.56 Å². The monoisotopic (exact) mass is 375 g/mol. The molecule has 2 aromatic rings. The highest BCUT2D eigenvalue weighted by Gasteiger charge is 2.16. The molecule has 0 bridgehead atoms. The second kappa shape index (κ2) is 8.01. The Balaban J connectivity index is 1.58. The molecule has 136 valence electrons. The maximum atomic E-state index is 11.6. The summed E-state index contributed by atoms with van der Waals surface area (Å²) in [5, 5.41) is 1.88. The third kappa shape index (κ3) is 4.40. The maximum absolute atomic E-state index is 11.6. The van der Waals surface area contributed by atoms with Crippen LogP contribution >= 0.6 is 11.6 Å². The second-order valence-electron chi connectivity index (χ2n) is 5.45. The molecule has 6 nitrogen and oxygen atoms in total. The van der Waals surface area contributed by atoms with Gasteiger partial charge in [-0.05, 0) is 67.6 Å². The smallest absolute Gasteiger partial charge is 0.347 e. The van der Waals surface area contributed by atoms with Gasteiger partial charge in [0.15, 0.2) is 17.6 Å². The van der Waals surface area contributed by atoms with Crippen LogP contribution in [0.4, 0.5) is 0 Å². The predicted octanol–water partition coefficient (Wildman–Crippen LogP) is 4.24. The molecular weight excluding hydrogens is 358 g/mol. The fraction of sp³-hybridized carbons (Fsp3) is 0.211. The average molecular weight is 376 g/mol. The van der Waals surface area contributed by atoms with Gasteiger partial charge < -0.3 is 19.1 Å². The van der Waals surface area contributed by atoms with Crippen LogP contribution in [-0.4, -0.2) is 23.9 Å². The highest BCUT2D eigenvalue weighted by atomic mass is 35.5. The van der Waals surface area contributed by atoms with Gasteiger partial charge in [-0.1, -0.05) is 11.6 Å². The van der Waals surface area contributed by atoms with Gasteiger partial charge in [0.05, 0.1) is 12.8 Å². The van der Waals surface area contributed by atoms with Crippen LogP contribution in [0.25, 0.3) is 6.08 Å². The zero-order valence-electron chi connectivity index (χ0n) is 14.3. The first-order chi connectivity index (χ1) is 12.5. The molecule has 0 fully saturated rings. The zero-order chi connectivity index (χ0) is 18.5. The number of carbonyl (C=O) groups is 1. The molecule has 0 saturated heterocycles. The summed E-state index contributed by atoms with van der Waals surface area (Å²) in [5.74, 6) is 1.31. The topological polar surface area (TPSA) is 57.2 Å². The number of benzene rings is 2. The Morgan fingerprint density at radius 3 is 2.65 bits per heavy atom.